The Labute approximate surface area is 137 Å². The topological polar surface area (TPSA) is 74.0 Å². The van der Waals surface area contributed by atoms with Crippen LogP contribution in [0.3, 0.4) is 0 Å². The molecule has 0 spiro atoms. The summed E-state index contributed by atoms with van der Waals surface area (Å²) in [6, 6.07) is 6.57. The quantitative estimate of drug-likeness (QED) is 0.706. The Morgan fingerprint density at radius 1 is 1.33 bits per heavy atom. The first kappa shape index (κ1) is 16.4. The fraction of sp³-hybridized carbons (Fsp3) is 0.231. The molecule has 21 heavy (non-hydrogen) atoms. The van der Waals surface area contributed by atoms with Crippen LogP contribution < -0.4 is 10.0 Å². The average Bonchev–Trinajstić information content (AvgIpc) is 2.90. The lowest BCUT2D eigenvalue weighted by atomic mass is 10.3. The molecule has 0 aliphatic rings. The van der Waals surface area contributed by atoms with Crippen LogP contribution in [0.15, 0.2) is 39.8 Å². The van der Waals surface area contributed by atoms with Crippen molar-refractivity contribution >= 4 is 43.2 Å². The molecule has 5 nitrogen and oxygen atoms in total. The lowest BCUT2D eigenvalue weighted by Gasteiger charge is -2.08. The number of sulfonamides is 1. The van der Waals surface area contributed by atoms with Crippen LogP contribution in [0.1, 0.15) is 12.6 Å². The van der Waals surface area contributed by atoms with E-state index in [1.807, 2.05) is 6.92 Å². The molecular weight excluding hydrogens is 378 g/mol. The number of aromatic amines is 1. The summed E-state index contributed by atoms with van der Waals surface area (Å²) in [5.74, 6) is 0. The standard InChI is InChI=1S/C13H15BrClN3O2S/c1-2-16-7-10-6-11(8-17-10)21(19,20)18-13-5-9(14)3-4-12(13)15/h3-6,8,16-18H,2,7H2,1H3. The number of hydrogen-bond donors (Lipinski definition) is 3. The highest BCUT2D eigenvalue weighted by atomic mass is 79.9. The highest BCUT2D eigenvalue weighted by Gasteiger charge is 2.17. The zero-order valence-corrected chi connectivity index (χ0v) is 14.4. The van der Waals surface area contributed by atoms with Crippen LogP contribution in [0.2, 0.25) is 5.02 Å². The minimum Gasteiger partial charge on any atom is -0.363 e. The van der Waals surface area contributed by atoms with Gasteiger partial charge in [0.2, 0.25) is 0 Å². The van der Waals surface area contributed by atoms with Crippen LogP contribution in [0.4, 0.5) is 5.69 Å². The SMILES string of the molecule is CCNCc1cc(S(=O)(=O)Nc2cc(Br)ccc2Cl)c[nH]1. The molecule has 2 aromatic rings. The molecule has 2 rings (SSSR count). The predicted octanol–water partition coefficient (Wildman–Crippen LogP) is 3.34. The minimum atomic E-state index is -3.67. The molecule has 0 aliphatic heterocycles. The molecular formula is C13H15BrClN3O2S. The second-order valence-corrected chi connectivity index (χ2v) is 7.38. The van der Waals surface area contributed by atoms with E-state index in [2.05, 4.69) is 31.0 Å². The maximum Gasteiger partial charge on any atom is 0.263 e. The van der Waals surface area contributed by atoms with E-state index >= 15 is 0 Å². The largest absolute Gasteiger partial charge is 0.363 e. The van der Waals surface area contributed by atoms with Gasteiger partial charge in [0, 0.05) is 22.9 Å². The number of nitrogens with one attached hydrogen (secondary N) is 3. The first-order valence-corrected chi connectivity index (χ1v) is 8.93. The molecule has 0 bridgehead atoms. The molecule has 1 aromatic heterocycles. The molecule has 0 amide bonds. The van der Waals surface area contributed by atoms with Gasteiger partial charge in [-0.25, -0.2) is 8.42 Å². The van der Waals surface area contributed by atoms with Gasteiger partial charge in [-0.2, -0.15) is 0 Å². The highest BCUT2D eigenvalue weighted by Crippen LogP contribution is 2.28. The molecule has 1 heterocycles. The van der Waals surface area contributed by atoms with Gasteiger partial charge in [0.25, 0.3) is 10.0 Å². The van der Waals surface area contributed by atoms with Gasteiger partial charge >= 0.3 is 0 Å². The van der Waals surface area contributed by atoms with E-state index in [4.69, 9.17) is 11.6 Å². The second-order valence-electron chi connectivity index (χ2n) is 4.37. The molecule has 0 fully saturated rings. The maximum atomic E-state index is 12.3. The molecule has 114 valence electrons. The highest BCUT2D eigenvalue weighted by molar-refractivity contribution is 9.10. The Kier molecular flexibility index (Phi) is 5.32. The van der Waals surface area contributed by atoms with Crippen LogP contribution in [0.25, 0.3) is 0 Å². The molecule has 1 aromatic carbocycles. The average molecular weight is 393 g/mol. The third kappa shape index (κ3) is 4.23. The number of hydrogen-bond acceptors (Lipinski definition) is 3. The van der Waals surface area contributed by atoms with E-state index in [0.717, 1.165) is 16.7 Å². The third-order valence-corrected chi connectivity index (χ3v) is 4.93. The number of aromatic nitrogens is 1. The molecule has 0 atom stereocenters. The zero-order chi connectivity index (χ0) is 15.5. The van der Waals surface area contributed by atoms with Crippen molar-refractivity contribution in [3.8, 4) is 0 Å². The van der Waals surface area contributed by atoms with Crippen LogP contribution in [-0.4, -0.2) is 19.9 Å². The van der Waals surface area contributed by atoms with Crippen molar-refractivity contribution < 1.29 is 8.42 Å². The lowest BCUT2D eigenvalue weighted by Crippen LogP contribution is -2.13. The van der Waals surface area contributed by atoms with Gasteiger partial charge in [-0.05, 0) is 30.8 Å². The van der Waals surface area contributed by atoms with Crippen LogP contribution >= 0.6 is 27.5 Å². The van der Waals surface area contributed by atoms with E-state index in [1.54, 1.807) is 24.3 Å². The predicted molar refractivity (Wildman–Crippen MR) is 88.1 cm³/mol. The summed E-state index contributed by atoms with van der Waals surface area (Å²) in [5, 5.41) is 3.46. The Morgan fingerprint density at radius 3 is 2.81 bits per heavy atom. The van der Waals surface area contributed by atoms with E-state index < -0.39 is 10.0 Å². The first-order valence-electron chi connectivity index (χ1n) is 6.28. The number of rotatable bonds is 6. The molecule has 3 N–H and O–H groups in total. The van der Waals surface area contributed by atoms with Gasteiger partial charge in [-0.1, -0.05) is 34.5 Å². The van der Waals surface area contributed by atoms with Crippen LogP contribution in [0.5, 0.6) is 0 Å². The van der Waals surface area contributed by atoms with Gasteiger partial charge in [-0.15, -0.1) is 0 Å². The van der Waals surface area contributed by atoms with Crippen molar-refractivity contribution in [1.82, 2.24) is 10.3 Å². The monoisotopic (exact) mass is 391 g/mol. The van der Waals surface area contributed by atoms with Crippen molar-refractivity contribution in [3.05, 3.63) is 45.7 Å². The zero-order valence-electron chi connectivity index (χ0n) is 11.3. The fourth-order valence-electron chi connectivity index (χ4n) is 1.72. The summed E-state index contributed by atoms with van der Waals surface area (Å²) < 4.78 is 27.9. The Bertz CT molecular complexity index is 731. The molecule has 0 unspecified atom stereocenters. The number of anilines is 1. The first-order chi connectivity index (χ1) is 9.92. The van der Waals surface area contributed by atoms with E-state index in [-0.39, 0.29) is 4.90 Å². The molecule has 8 heteroatoms. The lowest BCUT2D eigenvalue weighted by molar-refractivity contribution is 0.601. The number of benzene rings is 1. The fourth-order valence-corrected chi connectivity index (χ4v) is 3.38. The molecule has 0 saturated heterocycles. The van der Waals surface area contributed by atoms with Crippen molar-refractivity contribution in [2.75, 3.05) is 11.3 Å². The van der Waals surface area contributed by atoms with Gasteiger partial charge in [0.05, 0.1) is 10.7 Å². The van der Waals surface area contributed by atoms with Crippen LogP contribution in [-0.2, 0) is 16.6 Å². The van der Waals surface area contributed by atoms with Crippen molar-refractivity contribution in [2.24, 2.45) is 0 Å². The van der Waals surface area contributed by atoms with E-state index in [1.165, 1.54) is 6.20 Å². The Hall–Kier alpha value is -1.02. The second kappa shape index (κ2) is 6.83. The molecule has 0 saturated carbocycles. The normalized spacial score (nSPS) is 11.6. The summed E-state index contributed by atoms with van der Waals surface area (Å²) in [7, 11) is -3.67. The summed E-state index contributed by atoms with van der Waals surface area (Å²) in [5.41, 5.74) is 1.14. The summed E-state index contributed by atoms with van der Waals surface area (Å²) in [6.45, 7) is 3.38. The van der Waals surface area contributed by atoms with E-state index in [9.17, 15) is 8.42 Å². The maximum absolute atomic E-state index is 12.3. The van der Waals surface area contributed by atoms with Gasteiger partial charge < -0.3 is 10.3 Å². The van der Waals surface area contributed by atoms with Crippen molar-refractivity contribution in [1.29, 1.82) is 0 Å². The van der Waals surface area contributed by atoms with Gasteiger partial charge in [0.1, 0.15) is 4.90 Å². The van der Waals surface area contributed by atoms with Crippen molar-refractivity contribution in [2.45, 2.75) is 18.4 Å². The Balaban J connectivity index is 2.22. The van der Waals surface area contributed by atoms with Crippen LogP contribution in [0, 0.1) is 0 Å². The molecule has 0 aliphatic carbocycles. The summed E-state index contributed by atoms with van der Waals surface area (Å²) in [4.78, 5) is 3.11. The third-order valence-electron chi connectivity index (χ3n) is 2.76. The number of halogens is 2. The Morgan fingerprint density at radius 2 is 2.10 bits per heavy atom. The smallest absolute Gasteiger partial charge is 0.263 e. The van der Waals surface area contributed by atoms with Gasteiger partial charge in [-0.3, -0.25) is 4.72 Å². The minimum absolute atomic E-state index is 0.173. The van der Waals surface area contributed by atoms with E-state index in [0.29, 0.717) is 17.3 Å². The van der Waals surface area contributed by atoms with Gasteiger partial charge in [0.15, 0.2) is 0 Å². The van der Waals surface area contributed by atoms with Crippen molar-refractivity contribution in [3.63, 3.8) is 0 Å². The summed E-state index contributed by atoms with van der Waals surface area (Å²) >= 11 is 9.28. The summed E-state index contributed by atoms with van der Waals surface area (Å²) in [6.07, 6.45) is 1.46. The number of H-pyrrole nitrogens is 1. The molecule has 0 radical (unpaired) electrons.